The highest BCUT2D eigenvalue weighted by Gasteiger charge is 2.26. The van der Waals surface area contributed by atoms with E-state index in [4.69, 9.17) is 16.3 Å². The summed E-state index contributed by atoms with van der Waals surface area (Å²) in [6, 6.07) is 3.83. The molecule has 0 radical (unpaired) electrons. The average Bonchev–Trinajstić information content (AvgIpc) is 2.44. The summed E-state index contributed by atoms with van der Waals surface area (Å²) in [5.74, 6) is 2.15. The Morgan fingerprint density at radius 1 is 1.33 bits per heavy atom. The number of alkyl halides is 1. The summed E-state index contributed by atoms with van der Waals surface area (Å²) in [6.45, 7) is 7.06. The average molecular weight is 271 g/mol. The van der Waals surface area contributed by atoms with E-state index in [0.717, 1.165) is 30.8 Å². The number of nitrogens with zero attached hydrogens (tertiary/aromatic N) is 1. The molecule has 102 valence electrons. The van der Waals surface area contributed by atoms with Gasteiger partial charge in [-0.05, 0) is 31.4 Å². The fourth-order valence-corrected chi connectivity index (χ4v) is 2.16. The molecule has 0 saturated heterocycles. The predicted octanol–water partition coefficient (Wildman–Crippen LogP) is 4.08. The number of hydrogen-bond donors (Lipinski definition) is 1. The van der Waals surface area contributed by atoms with Crippen molar-refractivity contribution in [3.8, 4) is 5.75 Å². The second-order valence-corrected chi connectivity index (χ2v) is 4.71. The predicted molar refractivity (Wildman–Crippen MR) is 77.7 cm³/mol. The number of aromatic nitrogens is 1. The van der Waals surface area contributed by atoms with Crippen LogP contribution >= 0.6 is 11.6 Å². The van der Waals surface area contributed by atoms with Gasteiger partial charge in [0.05, 0.1) is 12.1 Å². The van der Waals surface area contributed by atoms with E-state index >= 15 is 0 Å². The van der Waals surface area contributed by atoms with E-state index in [1.165, 1.54) is 0 Å². The van der Waals surface area contributed by atoms with Gasteiger partial charge in [0, 0.05) is 12.1 Å². The quantitative estimate of drug-likeness (QED) is 0.723. The van der Waals surface area contributed by atoms with Crippen molar-refractivity contribution in [2.45, 2.75) is 45.6 Å². The molecule has 0 amide bonds. The monoisotopic (exact) mass is 270 g/mol. The summed E-state index contributed by atoms with van der Waals surface area (Å²) < 4.78 is 5.70. The molecule has 3 nitrogen and oxygen atoms in total. The molecule has 1 N–H and O–H groups in total. The lowest BCUT2D eigenvalue weighted by Crippen LogP contribution is -2.39. The molecule has 1 rings (SSSR count). The van der Waals surface area contributed by atoms with E-state index in [2.05, 4.69) is 31.1 Å². The van der Waals surface area contributed by atoms with Crippen molar-refractivity contribution in [3.05, 3.63) is 18.3 Å². The van der Waals surface area contributed by atoms with Gasteiger partial charge in [-0.2, -0.15) is 0 Å². The third-order valence-electron chi connectivity index (χ3n) is 3.23. The molecule has 0 atom stereocenters. The highest BCUT2D eigenvalue weighted by atomic mass is 35.5. The fourth-order valence-electron chi connectivity index (χ4n) is 1.71. The van der Waals surface area contributed by atoms with Crippen LogP contribution in [0.25, 0.3) is 0 Å². The van der Waals surface area contributed by atoms with Gasteiger partial charge in [0.2, 0.25) is 0 Å². The molecular formula is C14H23ClN2O. The van der Waals surface area contributed by atoms with Gasteiger partial charge in [-0.3, -0.25) is 0 Å². The highest BCUT2D eigenvalue weighted by Crippen LogP contribution is 2.28. The molecule has 1 heterocycles. The Bertz CT molecular complexity index is 345. The zero-order valence-corrected chi connectivity index (χ0v) is 12.3. The fraction of sp³-hybridized carbons (Fsp3) is 0.643. The van der Waals surface area contributed by atoms with Gasteiger partial charge in [-0.1, -0.05) is 20.8 Å². The summed E-state index contributed by atoms with van der Waals surface area (Å²) in [6.07, 6.45) is 4.66. The molecule has 1 aromatic heterocycles. The Hall–Kier alpha value is -0.960. The molecule has 1 aromatic rings. The second kappa shape index (κ2) is 7.47. The molecule has 0 unspecified atom stereocenters. The first-order chi connectivity index (χ1) is 8.71. The summed E-state index contributed by atoms with van der Waals surface area (Å²) in [5.41, 5.74) is -0.111. The van der Waals surface area contributed by atoms with Crippen LogP contribution in [-0.4, -0.2) is 23.0 Å². The lowest BCUT2D eigenvalue weighted by Gasteiger charge is -2.31. The number of nitrogens with one attached hydrogen (secondary N) is 1. The molecule has 0 fully saturated rings. The van der Waals surface area contributed by atoms with Crippen LogP contribution in [0.1, 0.15) is 40.0 Å². The Labute approximate surface area is 115 Å². The molecule has 0 aliphatic heterocycles. The van der Waals surface area contributed by atoms with Gasteiger partial charge in [-0.25, -0.2) is 4.98 Å². The largest absolute Gasteiger partial charge is 0.490 e. The maximum atomic E-state index is 6.10. The number of rotatable bonds is 8. The van der Waals surface area contributed by atoms with Crippen LogP contribution < -0.4 is 10.1 Å². The van der Waals surface area contributed by atoms with Gasteiger partial charge < -0.3 is 10.1 Å². The second-order valence-electron chi connectivity index (χ2n) is 4.44. The van der Waals surface area contributed by atoms with Crippen molar-refractivity contribution in [2.75, 3.05) is 17.8 Å². The van der Waals surface area contributed by atoms with Gasteiger partial charge in [0.25, 0.3) is 0 Å². The van der Waals surface area contributed by atoms with Gasteiger partial charge in [-0.15, -0.1) is 11.6 Å². The van der Waals surface area contributed by atoms with E-state index in [1.54, 1.807) is 6.20 Å². The van der Waals surface area contributed by atoms with E-state index in [0.29, 0.717) is 12.5 Å². The zero-order valence-electron chi connectivity index (χ0n) is 11.5. The number of anilines is 1. The molecular weight excluding hydrogens is 248 g/mol. The van der Waals surface area contributed by atoms with Crippen LogP contribution in [0.4, 0.5) is 5.82 Å². The Morgan fingerprint density at radius 3 is 2.61 bits per heavy atom. The maximum absolute atomic E-state index is 6.10. The first-order valence-electron chi connectivity index (χ1n) is 6.63. The summed E-state index contributed by atoms with van der Waals surface area (Å²) >= 11 is 6.10. The molecule has 0 aliphatic carbocycles. The van der Waals surface area contributed by atoms with Crippen molar-refractivity contribution in [3.63, 3.8) is 0 Å². The lowest BCUT2D eigenvalue weighted by atomic mass is 9.95. The van der Waals surface area contributed by atoms with E-state index in [9.17, 15) is 0 Å². The number of halogens is 1. The smallest absolute Gasteiger partial charge is 0.169 e. The highest BCUT2D eigenvalue weighted by molar-refractivity contribution is 6.18. The van der Waals surface area contributed by atoms with Crippen LogP contribution in [0.3, 0.4) is 0 Å². The molecule has 0 spiro atoms. The minimum Gasteiger partial charge on any atom is -0.490 e. The van der Waals surface area contributed by atoms with Crippen molar-refractivity contribution < 1.29 is 4.74 Å². The normalized spacial score (nSPS) is 11.3. The minimum absolute atomic E-state index is 0.111. The van der Waals surface area contributed by atoms with Crippen LogP contribution in [0.5, 0.6) is 5.75 Å². The van der Waals surface area contributed by atoms with E-state index < -0.39 is 0 Å². The first kappa shape index (κ1) is 15.1. The van der Waals surface area contributed by atoms with Crippen molar-refractivity contribution in [2.24, 2.45) is 0 Å². The van der Waals surface area contributed by atoms with Crippen LogP contribution in [-0.2, 0) is 0 Å². The Balaban J connectivity index is 2.88. The summed E-state index contributed by atoms with van der Waals surface area (Å²) in [4.78, 5) is 4.37. The third kappa shape index (κ3) is 3.77. The number of pyridine rings is 1. The van der Waals surface area contributed by atoms with E-state index in [-0.39, 0.29) is 5.54 Å². The van der Waals surface area contributed by atoms with E-state index in [1.807, 2.05) is 12.1 Å². The van der Waals surface area contributed by atoms with Gasteiger partial charge in [0.15, 0.2) is 11.6 Å². The maximum Gasteiger partial charge on any atom is 0.169 e. The molecule has 0 aliphatic rings. The van der Waals surface area contributed by atoms with Crippen LogP contribution in [0.15, 0.2) is 18.3 Å². The zero-order chi connectivity index (χ0) is 13.4. The lowest BCUT2D eigenvalue weighted by molar-refractivity contribution is 0.316. The van der Waals surface area contributed by atoms with Crippen LogP contribution in [0.2, 0.25) is 0 Å². The summed E-state index contributed by atoms with van der Waals surface area (Å²) in [7, 11) is 0. The molecule has 0 aromatic carbocycles. The molecule has 18 heavy (non-hydrogen) atoms. The SMILES string of the molecule is CCCOc1cccnc1NC(CC)(CC)CCl. The van der Waals surface area contributed by atoms with Crippen molar-refractivity contribution in [1.82, 2.24) is 4.98 Å². The topological polar surface area (TPSA) is 34.1 Å². The van der Waals surface area contributed by atoms with Gasteiger partial charge in [0.1, 0.15) is 0 Å². The molecule has 0 bridgehead atoms. The van der Waals surface area contributed by atoms with Crippen LogP contribution in [0, 0.1) is 0 Å². The minimum atomic E-state index is -0.111. The molecule has 4 heteroatoms. The first-order valence-corrected chi connectivity index (χ1v) is 7.16. The Kier molecular flexibility index (Phi) is 6.27. The van der Waals surface area contributed by atoms with Crippen molar-refractivity contribution >= 4 is 17.4 Å². The number of hydrogen-bond acceptors (Lipinski definition) is 3. The van der Waals surface area contributed by atoms with Gasteiger partial charge >= 0.3 is 0 Å². The van der Waals surface area contributed by atoms with Crippen molar-refractivity contribution in [1.29, 1.82) is 0 Å². The molecule has 0 saturated carbocycles. The summed E-state index contributed by atoms with van der Waals surface area (Å²) in [5, 5.41) is 3.45. The third-order valence-corrected chi connectivity index (χ3v) is 3.74. The number of ether oxygens (including phenoxy) is 1. The Morgan fingerprint density at radius 2 is 2.06 bits per heavy atom. The standard InChI is InChI=1S/C14H23ClN2O/c1-4-10-18-12-8-7-9-16-13(12)17-14(5-2,6-3)11-15/h7-9H,4-6,10-11H2,1-3H3,(H,16,17).